The lowest BCUT2D eigenvalue weighted by molar-refractivity contribution is -0.130. The van der Waals surface area contributed by atoms with Crippen LogP contribution < -0.4 is 5.32 Å². The molecule has 0 bridgehead atoms. The van der Waals surface area contributed by atoms with Crippen molar-refractivity contribution in [2.75, 3.05) is 20.1 Å². The van der Waals surface area contributed by atoms with Crippen molar-refractivity contribution in [3.63, 3.8) is 0 Å². The molecule has 0 radical (unpaired) electrons. The van der Waals surface area contributed by atoms with Gasteiger partial charge >= 0.3 is 0 Å². The third kappa shape index (κ3) is 4.97. The van der Waals surface area contributed by atoms with E-state index < -0.39 is 0 Å². The van der Waals surface area contributed by atoms with Gasteiger partial charge in [0.15, 0.2) is 0 Å². The first kappa shape index (κ1) is 13.5. The Hall–Kier alpha value is -0.570. The van der Waals surface area contributed by atoms with E-state index in [9.17, 15) is 4.79 Å². The van der Waals surface area contributed by atoms with Gasteiger partial charge in [-0.1, -0.05) is 20.8 Å². The summed E-state index contributed by atoms with van der Waals surface area (Å²) in [4.78, 5) is 13.7. The minimum atomic E-state index is 0.296. The van der Waals surface area contributed by atoms with Crippen molar-refractivity contribution >= 4 is 5.91 Å². The molecule has 0 heterocycles. The summed E-state index contributed by atoms with van der Waals surface area (Å²) in [7, 11) is 1.93. The average Bonchev–Trinajstić information content (AvgIpc) is 2.88. The maximum Gasteiger partial charge on any atom is 0.222 e. The van der Waals surface area contributed by atoms with E-state index in [0.29, 0.717) is 18.4 Å². The van der Waals surface area contributed by atoms with Crippen LogP contribution in [0.4, 0.5) is 0 Å². The van der Waals surface area contributed by atoms with Gasteiger partial charge in [-0.2, -0.15) is 0 Å². The van der Waals surface area contributed by atoms with E-state index in [1.807, 2.05) is 11.9 Å². The molecule has 0 saturated heterocycles. The number of nitrogens with one attached hydrogen (secondary N) is 1. The van der Waals surface area contributed by atoms with Crippen LogP contribution in [0.1, 0.15) is 40.0 Å². The molecule has 16 heavy (non-hydrogen) atoms. The lowest BCUT2D eigenvalue weighted by Gasteiger charge is -2.17. The Labute approximate surface area is 99.6 Å². The van der Waals surface area contributed by atoms with E-state index in [0.717, 1.165) is 31.3 Å². The summed E-state index contributed by atoms with van der Waals surface area (Å²) < 4.78 is 0. The molecule has 94 valence electrons. The zero-order chi connectivity index (χ0) is 12.1. The molecule has 3 heteroatoms. The van der Waals surface area contributed by atoms with Crippen molar-refractivity contribution in [3.8, 4) is 0 Å². The predicted octanol–water partition coefficient (Wildman–Crippen LogP) is 1.88. The molecule has 1 amide bonds. The summed E-state index contributed by atoms with van der Waals surface area (Å²) in [5.41, 5.74) is 0. The van der Waals surface area contributed by atoms with Crippen molar-refractivity contribution < 1.29 is 4.79 Å². The van der Waals surface area contributed by atoms with Gasteiger partial charge in [0.1, 0.15) is 0 Å². The highest BCUT2D eigenvalue weighted by atomic mass is 16.2. The van der Waals surface area contributed by atoms with E-state index in [1.165, 1.54) is 6.42 Å². The van der Waals surface area contributed by atoms with Crippen LogP contribution in [0.2, 0.25) is 0 Å². The lowest BCUT2D eigenvalue weighted by Crippen LogP contribution is -2.30. The second-order valence-electron chi connectivity index (χ2n) is 5.46. The molecular formula is C13H26N2O. The van der Waals surface area contributed by atoms with E-state index in [-0.39, 0.29) is 0 Å². The molecule has 1 aliphatic rings. The number of amides is 1. The first-order chi connectivity index (χ1) is 7.50. The molecule has 0 aromatic carbocycles. The van der Waals surface area contributed by atoms with Crippen molar-refractivity contribution in [3.05, 3.63) is 0 Å². The standard InChI is InChI=1S/C13H26N2O/c1-10(2)14-7-5-6-13(16)15(4)9-12-8-11(12)3/h10-12,14H,5-9H2,1-4H3. The van der Waals surface area contributed by atoms with Gasteiger partial charge in [0, 0.05) is 26.1 Å². The number of carbonyl (C=O) groups excluding carboxylic acids is 1. The minimum Gasteiger partial charge on any atom is -0.345 e. The van der Waals surface area contributed by atoms with Crippen LogP contribution >= 0.6 is 0 Å². The van der Waals surface area contributed by atoms with Crippen molar-refractivity contribution in [1.29, 1.82) is 0 Å². The lowest BCUT2D eigenvalue weighted by atomic mass is 10.2. The highest BCUT2D eigenvalue weighted by molar-refractivity contribution is 5.75. The van der Waals surface area contributed by atoms with Crippen LogP contribution in [-0.4, -0.2) is 37.0 Å². The fourth-order valence-electron chi connectivity index (χ4n) is 1.93. The van der Waals surface area contributed by atoms with E-state index >= 15 is 0 Å². The first-order valence-corrected chi connectivity index (χ1v) is 6.48. The largest absolute Gasteiger partial charge is 0.345 e. The number of carbonyl (C=O) groups is 1. The van der Waals surface area contributed by atoms with Gasteiger partial charge in [-0.15, -0.1) is 0 Å². The molecule has 1 fully saturated rings. The molecule has 1 rings (SSSR count). The molecule has 0 spiro atoms. The predicted molar refractivity (Wildman–Crippen MR) is 67.3 cm³/mol. The minimum absolute atomic E-state index is 0.296. The summed E-state index contributed by atoms with van der Waals surface area (Å²) in [5, 5.41) is 3.33. The molecule has 1 aliphatic carbocycles. The van der Waals surface area contributed by atoms with Gasteiger partial charge in [0.25, 0.3) is 0 Å². The van der Waals surface area contributed by atoms with Crippen molar-refractivity contribution in [1.82, 2.24) is 10.2 Å². The molecule has 1 N–H and O–H groups in total. The zero-order valence-corrected chi connectivity index (χ0v) is 11.1. The van der Waals surface area contributed by atoms with Gasteiger partial charge in [-0.25, -0.2) is 0 Å². The number of nitrogens with zero attached hydrogens (tertiary/aromatic N) is 1. The molecular weight excluding hydrogens is 200 g/mol. The van der Waals surface area contributed by atoms with E-state index in [1.54, 1.807) is 0 Å². The van der Waals surface area contributed by atoms with Gasteiger partial charge in [-0.05, 0) is 31.2 Å². The molecule has 0 aromatic rings. The quantitative estimate of drug-likeness (QED) is 0.672. The van der Waals surface area contributed by atoms with Crippen LogP contribution in [0.5, 0.6) is 0 Å². The molecule has 0 aliphatic heterocycles. The number of hydrogen-bond acceptors (Lipinski definition) is 2. The Morgan fingerprint density at radius 1 is 1.50 bits per heavy atom. The SMILES string of the molecule is CC(C)NCCCC(=O)N(C)CC1CC1C. The Morgan fingerprint density at radius 3 is 2.62 bits per heavy atom. The zero-order valence-electron chi connectivity index (χ0n) is 11.1. The highest BCUT2D eigenvalue weighted by Crippen LogP contribution is 2.37. The Bertz CT molecular complexity index is 228. The third-order valence-corrected chi connectivity index (χ3v) is 3.33. The van der Waals surface area contributed by atoms with Crippen molar-refractivity contribution in [2.24, 2.45) is 11.8 Å². The van der Waals surface area contributed by atoms with Gasteiger partial charge < -0.3 is 10.2 Å². The van der Waals surface area contributed by atoms with E-state index in [2.05, 4.69) is 26.1 Å². The van der Waals surface area contributed by atoms with Crippen LogP contribution in [0.25, 0.3) is 0 Å². The highest BCUT2D eigenvalue weighted by Gasteiger charge is 2.33. The maximum atomic E-state index is 11.8. The fourth-order valence-corrected chi connectivity index (χ4v) is 1.93. The topological polar surface area (TPSA) is 32.3 Å². The normalized spacial score (nSPS) is 23.6. The average molecular weight is 226 g/mol. The molecule has 2 atom stereocenters. The summed E-state index contributed by atoms with van der Waals surface area (Å²) in [5.74, 6) is 1.89. The summed E-state index contributed by atoms with van der Waals surface area (Å²) in [6.45, 7) is 8.41. The molecule has 1 saturated carbocycles. The van der Waals surface area contributed by atoms with Crippen molar-refractivity contribution in [2.45, 2.75) is 46.1 Å². The monoisotopic (exact) mass is 226 g/mol. The molecule has 3 nitrogen and oxygen atoms in total. The third-order valence-electron chi connectivity index (χ3n) is 3.33. The van der Waals surface area contributed by atoms with Gasteiger partial charge in [0.2, 0.25) is 5.91 Å². The van der Waals surface area contributed by atoms with Gasteiger partial charge in [0.05, 0.1) is 0 Å². The first-order valence-electron chi connectivity index (χ1n) is 6.48. The Morgan fingerprint density at radius 2 is 2.12 bits per heavy atom. The fraction of sp³-hybridized carbons (Fsp3) is 0.923. The molecule has 2 unspecified atom stereocenters. The second kappa shape index (κ2) is 6.24. The number of hydrogen-bond donors (Lipinski definition) is 1. The molecule has 0 aromatic heterocycles. The summed E-state index contributed by atoms with van der Waals surface area (Å²) in [6.07, 6.45) is 2.92. The van der Waals surface area contributed by atoms with Crippen LogP contribution in [0.15, 0.2) is 0 Å². The smallest absolute Gasteiger partial charge is 0.222 e. The summed E-state index contributed by atoms with van der Waals surface area (Å²) in [6, 6.07) is 0.514. The van der Waals surface area contributed by atoms with E-state index in [4.69, 9.17) is 0 Å². The Balaban J connectivity index is 2.04. The van der Waals surface area contributed by atoms with Crippen LogP contribution in [-0.2, 0) is 4.79 Å². The second-order valence-corrected chi connectivity index (χ2v) is 5.46. The Kier molecular flexibility index (Phi) is 5.26. The summed E-state index contributed by atoms with van der Waals surface area (Å²) >= 11 is 0. The van der Waals surface area contributed by atoms with Crippen LogP contribution in [0, 0.1) is 11.8 Å². The number of rotatable bonds is 7. The van der Waals surface area contributed by atoms with Crippen LogP contribution in [0.3, 0.4) is 0 Å². The van der Waals surface area contributed by atoms with Gasteiger partial charge in [-0.3, -0.25) is 4.79 Å². The maximum absolute atomic E-state index is 11.8.